The van der Waals surface area contributed by atoms with Gasteiger partial charge >= 0.3 is 5.97 Å². The summed E-state index contributed by atoms with van der Waals surface area (Å²) in [5, 5.41) is 23.9. The molecule has 0 aliphatic carbocycles. The number of β-amino-alcohol motifs (C(OH)–C–C–N with tert-alkyl or cyclic N) is 1. The maximum atomic E-state index is 12.6. The lowest BCUT2D eigenvalue weighted by Crippen LogP contribution is -2.53. The van der Waals surface area contributed by atoms with Crippen LogP contribution >= 0.6 is 0 Å². The summed E-state index contributed by atoms with van der Waals surface area (Å²) in [5.41, 5.74) is 19.0. The average molecular weight is 536 g/mol. The largest absolute Gasteiger partial charge is 0.507 e. The van der Waals surface area contributed by atoms with Crippen molar-refractivity contribution in [2.45, 2.75) is 37.1 Å². The third kappa shape index (κ3) is 6.52. The molecule has 9 N–H and O–H groups in total. The Morgan fingerprint density at radius 3 is 2.10 bits per heavy atom. The van der Waals surface area contributed by atoms with Crippen molar-refractivity contribution in [3.63, 3.8) is 0 Å². The number of carbonyl (C=O) groups is 1. The number of piperidine rings is 2. The van der Waals surface area contributed by atoms with Gasteiger partial charge < -0.3 is 47.3 Å². The number of aliphatic hydroxyl groups is 1. The number of nitrogens with two attached hydrogens (primary N) is 3. The lowest BCUT2D eigenvalue weighted by molar-refractivity contribution is 0.0731. The molecule has 13 nitrogen and oxygen atoms in total. The Kier molecular flexibility index (Phi) is 7.74. The molecule has 39 heavy (non-hydrogen) atoms. The number of aliphatic hydroxyl groups excluding tert-OH is 1. The Labute approximate surface area is 225 Å². The van der Waals surface area contributed by atoms with Crippen LogP contribution in [0, 0.1) is 0 Å². The van der Waals surface area contributed by atoms with Gasteiger partial charge in [0.05, 0.1) is 6.10 Å². The van der Waals surface area contributed by atoms with Crippen LogP contribution in [0.5, 0.6) is 11.5 Å². The van der Waals surface area contributed by atoms with E-state index in [-0.39, 0.29) is 35.4 Å². The molecule has 2 aromatic carbocycles. The molecule has 5 rings (SSSR count). The van der Waals surface area contributed by atoms with Crippen LogP contribution < -0.4 is 37.1 Å². The zero-order valence-corrected chi connectivity index (χ0v) is 21.3. The minimum Gasteiger partial charge on any atom is -0.507 e. The summed E-state index contributed by atoms with van der Waals surface area (Å²) < 4.78 is 5.33. The van der Waals surface area contributed by atoms with Crippen LogP contribution in [0.2, 0.25) is 0 Å². The van der Waals surface area contributed by atoms with E-state index in [4.69, 9.17) is 21.9 Å². The highest BCUT2D eigenvalue weighted by molar-refractivity contribution is 5.94. The number of hydrogen-bond acceptors (Lipinski definition) is 13. The van der Waals surface area contributed by atoms with Gasteiger partial charge in [-0.25, -0.2) is 4.79 Å². The molecule has 0 amide bonds. The van der Waals surface area contributed by atoms with E-state index in [1.807, 2.05) is 15.9 Å². The van der Waals surface area contributed by atoms with Crippen molar-refractivity contribution < 1.29 is 19.7 Å². The van der Waals surface area contributed by atoms with Crippen LogP contribution in [0.25, 0.3) is 0 Å². The summed E-state index contributed by atoms with van der Waals surface area (Å²) in [6.45, 7) is 1.85. The minimum absolute atomic E-state index is 0.00834. The second-order valence-corrected chi connectivity index (χ2v) is 10.0. The predicted molar refractivity (Wildman–Crippen MR) is 146 cm³/mol. The number of phenols is 1. The Hall–Kier alpha value is -4.04. The van der Waals surface area contributed by atoms with E-state index >= 15 is 0 Å². The van der Waals surface area contributed by atoms with Gasteiger partial charge in [-0.15, -0.1) is 0 Å². The first-order valence-electron chi connectivity index (χ1n) is 12.8. The number of aromatic nitrogens is 3. The number of para-hydroxylation sites is 1. The number of phenolic OH excluding ortho intramolecular Hbond substituents is 1. The van der Waals surface area contributed by atoms with E-state index in [1.165, 1.54) is 12.1 Å². The molecule has 0 radical (unpaired) electrons. The van der Waals surface area contributed by atoms with Gasteiger partial charge in [0.15, 0.2) is 0 Å². The van der Waals surface area contributed by atoms with Crippen molar-refractivity contribution in [1.82, 2.24) is 15.0 Å². The van der Waals surface area contributed by atoms with E-state index in [2.05, 4.69) is 20.3 Å². The normalized spacial score (nSPS) is 23.4. The average Bonchev–Trinajstić information content (AvgIpc) is 2.88. The van der Waals surface area contributed by atoms with Gasteiger partial charge in [0.2, 0.25) is 17.8 Å². The monoisotopic (exact) mass is 535 g/mol. The highest BCUT2D eigenvalue weighted by atomic mass is 16.5. The topological polar surface area (TPSA) is 202 Å². The molecule has 0 bridgehead atoms. The quantitative estimate of drug-likeness (QED) is 0.186. The molecule has 1 aromatic heterocycles. The highest BCUT2D eigenvalue weighted by Gasteiger charge is 2.29. The lowest BCUT2D eigenvalue weighted by Gasteiger charge is -2.36. The fourth-order valence-corrected chi connectivity index (χ4v) is 4.87. The van der Waals surface area contributed by atoms with E-state index < -0.39 is 12.1 Å². The van der Waals surface area contributed by atoms with E-state index in [0.717, 1.165) is 0 Å². The first-order chi connectivity index (χ1) is 18.7. The van der Waals surface area contributed by atoms with Gasteiger partial charge in [-0.2, -0.15) is 15.0 Å². The third-order valence-corrected chi connectivity index (χ3v) is 6.58. The number of carbonyl (C=O) groups excluding carboxylic acids is 1. The first kappa shape index (κ1) is 26.6. The number of anilines is 4. The third-order valence-electron chi connectivity index (χ3n) is 6.58. The summed E-state index contributed by atoms with van der Waals surface area (Å²) in [5.74, 6) is 0.344. The summed E-state index contributed by atoms with van der Waals surface area (Å²) >= 11 is 0. The molecule has 2 aliphatic heterocycles. The number of hydrogen-bond donors (Lipinski definition) is 6. The number of nitrogens with one attached hydrogen (secondary N) is 1. The summed E-state index contributed by atoms with van der Waals surface area (Å²) in [6, 6.07) is 12.6. The van der Waals surface area contributed by atoms with E-state index in [1.54, 1.807) is 30.3 Å². The molecule has 3 aromatic rings. The molecule has 13 heteroatoms. The van der Waals surface area contributed by atoms with Crippen molar-refractivity contribution >= 4 is 29.5 Å². The summed E-state index contributed by atoms with van der Waals surface area (Å²) in [6.07, 6.45) is 0.584. The fourth-order valence-electron chi connectivity index (χ4n) is 4.87. The second kappa shape index (κ2) is 11.4. The van der Waals surface area contributed by atoms with Crippen molar-refractivity contribution in [2.75, 3.05) is 41.3 Å². The van der Waals surface area contributed by atoms with Gasteiger partial charge in [0, 0.05) is 56.1 Å². The molecule has 206 valence electrons. The van der Waals surface area contributed by atoms with Gasteiger partial charge in [0.1, 0.15) is 17.1 Å². The van der Waals surface area contributed by atoms with Gasteiger partial charge in [-0.1, -0.05) is 18.2 Å². The van der Waals surface area contributed by atoms with Crippen LogP contribution in [0.15, 0.2) is 48.5 Å². The predicted octanol–water partition coefficient (Wildman–Crippen LogP) is 0.303. The Balaban J connectivity index is 1.41. The van der Waals surface area contributed by atoms with Crippen molar-refractivity contribution in [3.05, 3.63) is 54.1 Å². The van der Waals surface area contributed by atoms with Crippen LogP contribution in [0.1, 0.15) is 23.2 Å². The molecule has 4 atom stereocenters. The Morgan fingerprint density at radius 1 is 0.872 bits per heavy atom. The maximum absolute atomic E-state index is 12.6. The van der Waals surface area contributed by atoms with Gasteiger partial charge in [-0.3, -0.25) is 0 Å². The smallest absolute Gasteiger partial charge is 0.347 e. The number of aromatic hydroxyl groups is 1. The highest BCUT2D eigenvalue weighted by Crippen LogP contribution is 2.27. The number of rotatable bonds is 6. The number of esters is 1. The number of ether oxygens (including phenoxy) is 1. The minimum atomic E-state index is -0.687. The lowest BCUT2D eigenvalue weighted by atomic mass is 10.0. The maximum Gasteiger partial charge on any atom is 0.347 e. The fraction of sp³-hybridized carbons (Fsp3) is 0.385. The van der Waals surface area contributed by atoms with E-state index in [0.29, 0.717) is 62.4 Å². The van der Waals surface area contributed by atoms with Crippen LogP contribution in [0.3, 0.4) is 0 Å². The zero-order valence-electron chi connectivity index (χ0n) is 21.3. The van der Waals surface area contributed by atoms with Crippen molar-refractivity contribution in [2.24, 2.45) is 17.2 Å². The van der Waals surface area contributed by atoms with Crippen molar-refractivity contribution in [3.8, 4) is 11.5 Å². The standard InChI is InChI=1S/C26H33N9O4/c27-15-8-16(28)12-34(11-15)25-31-24(32-26(33-25)35-13-17(29)9-19(36)14-35)30-18-6-7-21(22(37)10-18)23(38)39-20-4-2-1-3-5-20/h1-7,10,15-17,19,36-37H,8-9,11-14,27-29H2,(H,30,31,32,33)/t15-,16+,17-,19+/m0/s1. The SMILES string of the molecule is N[C@@H]1C[C@H](N)CN(c2nc(Nc3ccc(C(=O)Oc4ccccc4)c(O)c3)nc(N3C[C@@H](N)C[C@@H](O)C3)n2)C1. The molecule has 2 saturated heterocycles. The molecule has 3 heterocycles. The molecule has 0 unspecified atom stereocenters. The first-order valence-corrected chi connectivity index (χ1v) is 12.8. The zero-order chi connectivity index (χ0) is 27.5. The molecule has 2 fully saturated rings. The Morgan fingerprint density at radius 2 is 1.49 bits per heavy atom. The van der Waals surface area contributed by atoms with Crippen LogP contribution in [-0.4, -0.2) is 81.5 Å². The molecule has 2 aliphatic rings. The van der Waals surface area contributed by atoms with Gasteiger partial charge in [-0.05, 0) is 37.1 Å². The van der Waals surface area contributed by atoms with Gasteiger partial charge in [0.25, 0.3) is 0 Å². The Bertz CT molecular complexity index is 1250. The van der Waals surface area contributed by atoms with Crippen LogP contribution in [0.4, 0.5) is 23.5 Å². The molecule has 0 spiro atoms. The van der Waals surface area contributed by atoms with E-state index in [9.17, 15) is 15.0 Å². The van der Waals surface area contributed by atoms with Crippen molar-refractivity contribution in [1.29, 1.82) is 0 Å². The molecule has 0 saturated carbocycles. The molecular weight excluding hydrogens is 502 g/mol. The summed E-state index contributed by atoms with van der Waals surface area (Å²) in [7, 11) is 0. The molecular formula is C26H33N9O4. The second-order valence-electron chi connectivity index (χ2n) is 10.0. The summed E-state index contributed by atoms with van der Waals surface area (Å²) in [4.78, 5) is 30.1. The number of nitrogens with zero attached hydrogens (tertiary/aromatic N) is 5. The number of benzene rings is 2. The van der Waals surface area contributed by atoms with Crippen LogP contribution in [-0.2, 0) is 0 Å².